The van der Waals surface area contributed by atoms with Gasteiger partial charge in [-0.25, -0.2) is 0 Å². The normalized spacial score (nSPS) is 23.0. The molecule has 2 atom stereocenters. The molecule has 1 aliphatic carbocycles. The van der Waals surface area contributed by atoms with Crippen molar-refractivity contribution in [2.45, 2.75) is 25.1 Å². The van der Waals surface area contributed by atoms with Crippen LogP contribution >= 0.6 is 19.8 Å². The van der Waals surface area contributed by atoms with Crippen molar-refractivity contribution in [2.24, 2.45) is 11.7 Å². The van der Waals surface area contributed by atoms with Crippen LogP contribution in [0.2, 0.25) is 0 Å². The lowest BCUT2D eigenvalue weighted by molar-refractivity contribution is 0.208. The first-order valence-electron chi connectivity index (χ1n) is 4.27. The van der Waals surface area contributed by atoms with Gasteiger partial charge in [-0.05, 0) is 31.7 Å². The molecule has 6 heteroatoms. The van der Waals surface area contributed by atoms with Crippen LogP contribution in [0.25, 0.3) is 0 Å². The molecule has 1 saturated carbocycles. The molecule has 0 aromatic heterocycles. The molecule has 0 saturated heterocycles. The average Bonchev–Trinajstić information content (AvgIpc) is 2.82. The van der Waals surface area contributed by atoms with E-state index in [9.17, 15) is 14.6 Å². The van der Waals surface area contributed by atoms with Crippen molar-refractivity contribution in [3.63, 3.8) is 0 Å². The summed E-state index contributed by atoms with van der Waals surface area (Å²) >= 11 is 0. The van der Waals surface area contributed by atoms with Crippen LogP contribution < -0.4 is 5.73 Å². The summed E-state index contributed by atoms with van der Waals surface area (Å²) in [6, 6.07) is 0. The lowest BCUT2D eigenvalue weighted by Gasteiger charge is -2.16. The van der Waals surface area contributed by atoms with Crippen LogP contribution in [-0.2, 0) is 4.57 Å². The fourth-order valence-corrected chi connectivity index (χ4v) is 3.03. The van der Waals surface area contributed by atoms with Crippen molar-refractivity contribution >= 4 is 19.8 Å². The van der Waals surface area contributed by atoms with Gasteiger partial charge in [0.25, 0.3) is 0 Å². The summed E-state index contributed by atoms with van der Waals surface area (Å²) in [4.78, 5) is 9.37. The third-order valence-corrected chi connectivity index (χ3v) is 4.34. The fraction of sp³-hybridized carbons (Fsp3) is 1.00. The minimum absolute atomic E-state index is 0. The van der Waals surface area contributed by atoms with E-state index in [4.69, 9.17) is 5.73 Å². The molecule has 0 amide bonds. The van der Waals surface area contributed by atoms with Gasteiger partial charge in [-0.3, -0.25) is 4.57 Å². The number of nitrogens with two attached hydrogens (primary N) is 1. The highest BCUT2D eigenvalue weighted by molar-refractivity contribution is 7.58. The van der Waals surface area contributed by atoms with Crippen molar-refractivity contribution in [1.82, 2.24) is 0 Å². The molecule has 1 aliphatic rings. The van der Waals surface area contributed by atoms with Crippen LogP contribution in [-0.4, -0.2) is 28.6 Å². The Bertz CT molecular complexity index is 198. The highest BCUT2D eigenvalue weighted by Gasteiger charge is 2.40. The van der Waals surface area contributed by atoms with Crippen LogP contribution in [0, 0.1) is 5.92 Å². The SMILES string of the molecule is Cl.NCCCP(=O)(O)C(O)C1CC1. The number of rotatable bonds is 5. The van der Waals surface area contributed by atoms with E-state index in [-0.39, 0.29) is 24.5 Å². The van der Waals surface area contributed by atoms with Crippen LogP contribution in [0.15, 0.2) is 0 Å². The van der Waals surface area contributed by atoms with E-state index in [1.807, 2.05) is 0 Å². The molecule has 0 spiro atoms. The van der Waals surface area contributed by atoms with Gasteiger partial charge in [0.1, 0.15) is 5.85 Å². The molecular formula is C7H17ClNO3P. The van der Waals surface area contributed by atoms with Gasteiger partial charge in [0, 0.05) is 6.16 Å². The quantitative estimate of drug-likeness (QED) is 0.608. The Hall–Kier alpha value is 0.400. The van der Waals surface area contributed by atoms with Gasteiger partial charge < -0.3 is 15.7 Å². The topological polar surface area (TPSA) is 83.6 Å². The van der Waals surface area contributed by atoms with Crippen molar-refractivity contribution in [3.8, 4) is 0 Å². The smallest absolute Gasteiger partial charge is 0.228 e. The van der Waals surface area contributed by atoms with E-state index in [0.717, 1.165) is 12.8 Å². The first kappa shape index (κ1) is 13.4. The Balaban J connectivity index is 0.00000144. The maximum Gasteiger partial charge on any atom is 0.228 e. The third-order valence-electron chi connectivity index (χ3n) is 2.14. The second kappa shape index (κ2) is 5.32. The lowest BCUT2D eigenvalue weighted by atomic mass is 10.5. The van der Waals surface area contributed by atoms with E-state index < -0.39 is 13.2 Å². The Morgan fingerprint density at radius 1 is 1.54 bits per heavy atom. The zero-order valence-electron chi connectivity index (χ0n) is 7.43. The van der Waals surface area contributed by atoms with Gasteiger partial charge >= 0.3 is 0 Å². The summed E-state index contributed by atoms with van der Waals surface area (Å²) in [5, 5.41) is 9.39. The zero-order valence-corrected chi connectivity index (χ0v) is 9.14. The van der Waals surface area contributed by atoms with Gasteiger partial charge in [0.2, 0.25) is 7.37 Å². The molecule has 1 rings (SSSR count). The molecule has 0 radical (unpaired) electrons. The molecule has 0 bridgehead atoms. The summed E-state index contributed by atoms with van der Waals surface area (Å²) in [6.45, 7) is 0.405. The molecule has 0 heterocycles. The largest absolute Gasteiger partial charge is 0.383 e. The van der Waals surface area contributed by atoms with E-state index in [2.05, 4.69) is 0 Å². The fourth-order valence-electron chi connectivity index (χ4n) is 1.17. The van der Waals surface area contributed by atoms with Crippen LogP contribution in [0.4, 0.5) is 0 Å². The predicted molar refractivity (Wildman–Crippen MR) is 54.3 cm³/mol. The number of hydrogen-bond donors (Lipinski definition) is 3. The van der Waals surface area contributed by atoms with Gasteiger partial charge in [-0.2, -0.15) is 0 Å². The average molecular weight is 230 g/mol. The molecule has 4 nitrogen and oxygen atoms in total. The molecule has 13 heavy (non-hydrogen) atoms. The Labute approximate surface area is 84.4 Å². The summed E-state index contributed by atoms with van der Waals surface area (Å²) in [5.41, 5.74) is 5.21. The second-order valence-corrected chi connectivity index (χ2v) is 5.86. The monoisotopic (exact) mass is 229 g/mol. The zero-order chi connectivity index (χ0) is 9.19. The second-order valence-electron chi connectivity index (χ2n) is 3.37. The van der Waals surface area contributed by atoms with Crippen LogP contribution in [0.5, 0.6) is 0 Å². The minimum Gasteiger partial charge on any atom is -0.383 e. The van der Waals surface area contributed by atoms with E-state index in [1.165, 1.54) is 0 Å². The first-order valence-corrected chi connectivity index (χ1v) is 6.19. The molecular weight excluding hydrogens is 213 g/mol. The molecule has 2 unspecified atom stereocenters. The Kier molecular flexibility index (Phi) is 5.49. The van der Waals surface area contributed by atoms with Gasteiger partial charge in [-0.15, -0.1) is 12.4 Å². The van der Waals surface area contributed by atoms with E-state index >= 15 is 0 Å². The van der Waals surface area contributed by atoms with Gasteiger partial charge in [0.05, 0.1) is 0 Å². The first-order chi connectivity index (χ1) is 5.58. The van der Waals surface area contributed by atoms with Gasteiger partial charge in [0.15, 0.2) is 0 Å². The summed E-state index contributed by atoms with van der Waals surface area (Å²) in [5.74, 6) is -0.928. The summed E-state index contributed by atoms with van der Waals surface area (Å²) < 4.78 is 11.4. The number of aliphatic hydroxyl groups is 1. The molecule has 0 aliphatic heterocycles. The highest BCUT2D eigenvalue weighted by Crippen LogP contribution is 2.54. The molecule has 0 aromatic carbocycles. The van der Waals surface area contributed by atoms with Crippen molar-refractivity contribution in [1.29, 1.82) is 0 Å². The number of halogens is 1. The summed E-state index contributed by atoms with van der Waals surface area (Å²) in [6.07, 6.45) is 2.43. The highest BCUT2D eigenvalue weighted by atomic mass is 35.5. The predicted octanol–water partition coefficient (Wildman–Crippen LogP) is 0.756. The standard InChI is InChI=1S/C7H16NO3P.ClH/c8-4-1-5-12(10,11)7(9)6-2-3-6;/h6-7,9H,1-5,8H2,(H,10,11);1H. The van der Waals surface area contributed by atoms with Crippen molar-refractivity contribution in [3.05, 3.63) is 0 Å². The Morgan fingerprint density at radius 3 is 2.46 bits per heavy atom. The maximum absolute atomic E-state index is 11.4. The molecule has 1 fully saturated rings. The minimum atomic E-state index is -3.32. The maximum atomic E-state index is 11.4. The van der Waals surface area contributed by atoms with Crippen LogP contribution in [0.3, 0.4) is 0 Å². The molecule has 80 valence electrons. The van der Waals surface area contributed by atoms with Gasteiger partial charge in [-0.1, -0.05) is 0 Å². The summed E-state index contributed by atoms with van der Waals surface area (Å²) in [7, 11) is -3.32. The van der Waals surface area contributed by atoms with E-state index in [1.54, 1.807) is 0 Å². The van der Waals surface area contributed by atoms with E-state index in [0.29, 0.717) is 13.0 Å². The third kappa shape index (κ3) is 3.96. The van der Waals surface area contributed by atoms with Crippen molar-refractivity contribution < 1.29 is 14.6 Å². The lowest BCUT2D eigenvalue weighted by Crippen LogP contribution is -2.14. The van der Waals surface area contributed by atoms with Crippen molar-refractivity contribution in [2.75, 3.05) is 12.7 Å². The Morgan fingerprint density at radius 2 is 2.08 bits per heavy atom. The van der Waals surface area contributed by atoms with Crippen LogP contribution in [0.1, 0.15) is 19.3 Å². The number of aliphatic hydroxyl groups excluding tert-OH is 1. The molecule has 0 aromatic rings. The number of hydrogen-bond acceptors (Lipinski definition) is 3. The molecule has 4 N–H and O–H groups in total.